The number of rotatable bonds is 4. The molecule has 100 valence electrons. The first-order valence-electron chi connectivity index (χ1n) is 5.09. The predicted octanol–water partition coefficient (Wildman–Crippen LogP) is -2.99. The molecular formula is C9H16O8. The van der Waals surface area contributed by atoms with Crippen LogP contribution in [-0.2, 0) is 9.53 Å². The van der Waals surface area contributed by atoms with E-state index in [1.54, 1.807) is 0 Å². The van der Waals surface area contributed by atoms with Gasteiger partial charge in [0.2, 0.25) is 0 Å². The average Bonchev–Trinajstić information content (AvgIpc) is 2.25. The van der Waals surface area contributed by atoms with E-state index in [9.17, 15) is 25.2 Å². The van der Waals surface area contributed by atoms with Crippen molar-refractivity contribution < 1.29 is 40.2 Å². The first-order valence-corrected chi connectivity index (χ1v) is 5.09. The van der Waals surface area contributed by atoms with Gasteiger partial charge in [0.25, 0.3) is 5.79 Å². The summed E-state index contributed by atoms with van der Waals surface area (Å²) in [6.45, 7) is -0.747. The van der Waals surface area contributed by atoms with Crippen LogP contribution < -0.4 is 0 Å². The molecule has 0 saturated carbocycles. The van der Waals surface area contributed by atoms with Gasteiger partial charge in [0.15, 0.2) is 0 Å². The van der Waals surface area contributed by atoms with Crippen LogP contribution in [0.15, 0.2) is 0 Å². The SMILES string of the molecule is O=C(O)[C@@]1(O)CC(O)CC([C@H](O)[C@H](O)CO)O1. The van der Waals surface area contributed by atoms with E-state index < -0.39 is 49.2 Å². The molecule has 0 bridgehead atoms. The normalized spacial score (nSPS) is 37.5. The van der Waals surface area contributed by atoms with E-state index in [2.05, 4.69) is 0 Å². The molecule has 0 spiro atoms. The van der Waals surface area contributed by atoms with E-state index in [0.717, 1.165) is 0 Å². The molecule has 1 saturated heterocycles. The largest absolute Gasteiger partial charge is 0.477 e. The number of carbonyl (C=O) groups is 1. The summed E-state index contributed by atoms with van der Waals surface area (Å²) in [6.07, 6.45) is -6.27. The molecule has 1 rings (SSSR count). The summed E-state index contributed by atoms with van der Waals surface area (Å²) in [5.74, 6) is -4.29. The Morgan fingerprint density at radius 2 is 2.06 bits per heavy atom. The Hall–Kier alpha value is -0.770. The highest BCUT2D eigenvalue weighted by atomic mass is 16.7. The zero-order valence-corrected chi connectivity index (χ0v) is 8.93. The lowest BCUT2D eigenvalue weighted by Gasteiger charge is -2.39. The second kappa shape index (κ2) is 5.25. The Morgan fingerprint density at radius 1 is 1.47 bits per heavy atom. The smallest absolute Gasteiger partial charge is 0.364 e. The van der Waals surface area contributed by atoms with Crippen LogP contribution in [0.5, 0.6) is 0 Å². The molecule has 0 aliphatic carbocycles. The first-order chi connectivity index (χ1) is 7.80. The number of carboxylic acid groups (broad SMARTS) is 1. The van der Waals surface area contributed by atoms with Gasteiger partial charge in [0.1, 0.15) is 12.2 Å². The van der Waals surface area contributed by atoms with E-state index in [0.29, 0.717) is 0 Å². The van der Waals surface area contributed by atoms with Crippen LogP contribution in [0.25, 0.3) is 0 Å². The summed E-state index contributed by atoms with van der Waals surface area (Å²) in [4.78, 5) is 10.7. The van der Waals surface area contributed by atoms with Crippen molar-refractivity contribution in [2.45, 2.75) is 43.0 Å². The van der Waals surface area contributed by atoms with Gasteiger partial charge in [-0.3, -0.25) is 0 Å². The second-order valence-electron chi connectivity index (χ2n) is 4.08. The molecule has 8 heteroatoms. The van der Waals surface area contributed by atoms with Crippen LogP contribution in [0, 0.1) is 0 Å². The molecule has 1 aliphatic heterocycles. The maximum atomic E-state index is 10.7. The van der Waals surface area contributed by atoms with Gasteiger partial charge in [-0.1, -0.05) is 0 Å². The number of carboxylic acids is 1. The fourth-order valence-electron chi connectivity index (χ4n) is 1.72. The standard InChI is InChI=1S/C9H16O8/c10-3-5(12)7(13)6-1-4(11)2-9(16,17-6)8(14)15/h4-7,10-13,16H,1-3H2,(H,14,15)/t4?,5-,6?,7-,9-/m1/s1. The van der Waals surface area contributed by atoms with Crippen molar-refractivity contribution in [2.75, 3.05) is 6.61 Å². The number of aliphatic carboxylic acids is 1. The Balaban J connectivity index is 2.78. The van der Waals surface area contributed by atoms with Crippen LogP contribution in [0.2, 0.25) is 0 Å². The van der Waals surface area contributed by atoms with Crippen molar-refractivity contribution in [2.24, 2.45) is 0 Å². The average molecular weight is 252 g/mol. The van der Waals surface area contributed by atoms with Gasteiger partial charge < -0.3 is 35.4 Å². The van der Waals surface area contributed by atoms with Crippen molar-refractivity contribution in [1.82, 2.24) is 0 Å². The van der Waals surface area contributed by atoms with Gasteiger partial charge in [0, 0.05) is 12.8 Å². The predicted molar refractivity (Wildman–Crippen MR) is 51.8 cm³/mol. The molecule has 0 amide bonds. The lowest BCUT2D eigenvalue weighted by atomic mass is 9.93. The van der Waals surface area contributed by atoms with E-state index in [-0.39, 0.29) is 6.42 Å². The third kappa shape index (κ3) is 3.12. The van der Waals surface area contributed by atoms with Crippen molar-refractivity contribution in [3.8, 4) is 0 Å². The molecule has 5 atom stereocenters. The van der Waals surface area contributed by atoms with E-state index in [4.69, 9.17) is 14.9 Å². The van der Waals surface area contributed by atoms with Gasteiger partial charge in [-0.15, -0.1) is 0 Å². The van der Waals surface area contributed by atoms with E-state index >= 15 is 0 Å². The van der Waals surface area contributed by atoms with Crippen LogP contribution in [0.3, 0.4) is 0 Å². The molecule has 2 unspecified atom stereocenters. The summed E-state index contributed by atoms with van der Waals surface area (Å²) < 4.78 is 4.77. The first kappa shape index (κ1) is 14.3. The fourth-order valence-corrected chi connectivity index (χ4v) is 1.72. The molecule has 0 aromatic heterocycles. The summed E-state index contributed by atoms with van der Waals surface area (Å²) in [6, 6.07) is 0. The zero-order chi connectivity index (χ0) is 13.2. The Kier molecular flexibility index (Phi) is 4.42. The molecule has 0 aromatic rings. The summed E-state index contributed by atoms with van der Waals surface area (Å²) in [5, 5.41) is 55.0. The lowest BCUT2D eigenvalue weighted by molar-refractivity contribution is -0.288. The highest BCUT2D eigenvalue weighted by molar-refractivity contribution is 5.75. The number of hydrogen-bond donors (Lipinski definition) is 6. The van der Waals surface area contributed by atoms with Gasteiger partial charge in [-0.05, 0) is 0 Å². The molecular weight excluding hydrogens is 236 g/mol. The maximum absolute atomic E-state index is 10.7. The zero-order valence-electron chi connectivity index (χ0n) is 8.93. The van der Waals surface area contributed by atoms with Crippen molar-refractivity contribution in [3.05, 3.63) is 0 Å². The topological polar surface area (TPSA) is 148 Å². The molecule has 17 heavy (non-hydrogen) atoms. The minimum Gasteiger partial charge on any atom is -0.477 e. The van der Waals surface area contributed by atoms with Crippen molar-refractivity contribution >= 4 is 5.97 Å². The Bertz CT molecular complexity index is 282. The minimum absolute atomic E-state index is 0.145. The summed E-state index contributed by atoms with van der Waals surface area (Å²) >= 11 is 0. The highest BCUT2D eigenvalue weighted by Crippen LogP contribution is 2.29. The number of aliphatic hydroxyl groups excluding tert-OH is 4. The lowest BCUT2D eigenvalue weighted by Crippen LogP contribution is -2.56. The van der Waals surface area contributed by atoms with Crippen LogP contribution in [0.1, 0.15) is 12.8 Å². The fraction of sp³-hybridized carbons (Fsp3) is 0.889. The number of ether oxygens (including phenoxy) is 1. The maximum Gasteiger partial charge on any atom is 0.364 e. The monoisotopic (exact) mass is 252 g/mol. The quantitative estimate of drug-likeness (QED) is 0.310. The molecule has 1 aliphatic rings. The van der Waals surface area contributed by atoms with Crippen molar-refractivity contribution in [3.63, 3.8) is 0 Å². The van der Waals surface area contributed by atoms with E-state index in [1.165, 1.54) is 0 Å². The molecule has 6 N–H and O–H groups in total. The van der Waals surface area contributed by atoms with Gasteiger partial charge in [-0.2, -0.15) is 0 Å². The Morgan fingerprint density at radius 3 is 2.53 bits per heavy atom. The molecule has 0 radical (unpaired) electrons. The van der Waals surface area contributed by atoms with Gasteiger partial charge >= 0.3 is 5.97 Å². The summed E-state index contributed by atoms with van der Waals surface area (Å²) in [5.41, 5.74) is 0. The van der Waals surface area contributed by atoms with E-state index in [1.807, 2.05) is 0 Å². The minimum atomic E-state index is -2.60. The van der Waals surface area contributed by atoms with Crippen LogP contribution in [-0.4, -0.2) is 73.4 Å². The molecule has 0 aromatic carbocycles. The third-order valence-electron chi connectivity index (χ3n) is 2.66. The summed E-state index contributed by atoms with van der Waals surface area (Å²) in [7, 11) is 0. The second-order valence-corrected chi connectivity index (χ2v) is 4.08. The van der Waals surface area contributed by atoms with Gasteiger partial charge in [0.05, 0.1) is 18.8 Å². The number of aliphatic hydroxyl groups is 5. The highest BCUT2D eigenvalue weighted by Gasteiger charge is 2.48. The van der Waals surface area contributed by atoms with Crippen LogP contribution >= 0.6 is 0 Å². The van der Waals surface area contributed by atoms with Gasteiger partial charge in [-0.25, -0.2) is 4.79 Å². The van der Waals surface area contributed by atoms with Crippen LogP contribution in [0.4, 0.5) is 0 Å². The molecule has 1 fully saturated rings. The Labute approximate surface area is 96.7 Å². The number of hydrogen-bond acceptors (Lipinski definition) is 7. The molecule has 1 heterocycles. The third-order valence-corrected chi connectivity index (χ3v) is 2.66. The molecule has 8 nitrogen and oxygen atoms in total. The van der Waals surface area contributed by atoms with Crippen molar-refractivity contribution in [1.29, 1.82) is 0 Å².